The van der Waals surface area contributed by atoms with Crippen molar-refractivity contribution in [2.45, 2.75) is 37.5 Å². The minimum absolute atomic E-state index is 0.00482. The smallest absolute Gasteiger partial charge is 0.228 e. The van der Waals surface area contributed by atoms with E-state index in [0.717, 1.165) is 48.8 Å². The zero-order valence-corrected chi connectivity index (χ0v) is 31.1. The Balaban J connectivity index is 0.000000177. The molecule has 2 aliphatic rings. The van der Waals surface area contributed by atoms with Gasteiger partial charge in [0.15, 0.2) is 0 Å². The third-order valence-corrected chi connectivity index (χ3v) is 10.1. The Kier molecular flexibility index (Phi) is 11.9. The summed E-state index contributed by atoms with van der Waals surface area (Å²) in [5.41, 5.74) is 14.3. The molecule has 2 aliphatic heterocycles. The van der Waals surface area contributed by atoms with Crippen LogP contribution in [0.4, 0.5) is 28.9 Å². The highest BCUT2D eigenvalue weighted by molar-refractivity contribution is 5.81. The molecule has 12 nitrogen and oxygen atoms in total. The number of hydrogen-bond donors (Lipinski definition) is 2. The van der Waals surface area contributed by atoms with Crippen LogP contribution in [-0.2, 0) is 22.4 Å². The average molecular weight is 791 g/mol. The van der Waals surface area contributed by atoms with Crippen LogP contribution in [0.1, 0.15) is 47.7 Å². The first kappa shape index (κ1) is 39.4. The summed E-state index contributed by atoms with van der Waals surface area (Å²) < 4.78 is 54.5. The Morgan fingerprint density at radius 1 is 0.586 bits per heavy atom. The first-order valence-corrected chi connectivity index (χ1v) is 18.5. The van der Waals surface area contributed by atoms with E-state index in [1.54, 1.807) is 71.0 Å². The topological polar surface area (TPSA) is 170 Å². The van der Waals surface area contributed by atoms with Crippen LogP contribution in [0, 0.1) is 23.3 Å². The molecule has 2 fully saturated rings. The van der Waals surface area contributed by atoms with Crippen molar-refractivity contribution in [1.82, 2.24) is 39.7 Å². The van der Waals surface area contributed by atoms with Crippen LogP contribution in [0.5, 0.6) is 0 Å². The summed E-state index contributed by atoms with van der Waals surface area (Å²) in [7, 11) is 0. The molecule has 6 aromatic rings. The summed E-state index contributed by atoms with van der Waals surface area (Å²) in [6.45, 7) is 2.28. The van der Waals surface area contributed by atoms with Gasteiger partial charge in [-0.15, -0.1) is 0 Å². The molecule has 16 heteroatoms. The highest BCUT2D eigenvalue weighted by atomic mass is 19.1. The number of aromatic nitrogens is 6. The third-order valence-electron chi connectivity index (χ3n) is 10.1. The van der Waals surface area contributed by atoms with Crippen LogP contribution in [-0.4, -0.2) is 77.7 Å². The monoisotopic (exact) mass is 790 g/mol. The number of carbonyl (C=O) groups is 2. The number of nitrogens with zero attached hydrogens (tertiary/aromatic N) is 8. The van der Waals surface area contributed by atoms with Crippen LogP contribution >= 0.6 is 0 Å². The Morgan fingerprint density at radius 2 is 0.983 bits per heavy atom. The van der Waals surface area contributed by atoms with Gasteiger partial charge in [-0.05, 0) is 73.5 Å². The number of nitrogen functional groups attached to an aromatic ring is 2. The molecule has 4 N–H and O–H groups in total. The standard InChI is InChI=1S/2C21H19F2N5O/c2*22-14-2-3-15(16(23)10-14)18-5-4-17(24)19(27-18)11-20(29)28-9-6-13(12-28)21-25-7-1-8-26-21/h2*1-5,7-8,10,13H,6,9,11-12,24H2. The SMILES string of the molecule is Nc1ccc(-c2ccc(F)cc2F)nc1CC(=O)N1CCC(c2ncccn2)C1.Nc1ccc(-c2ccc(F)cc2F)nc1CC(=O)N1CCC(c2ncccn2)C1. The molecule has 296 valence electrons. The van der Waals surface area contributed by atoms with Crippen LogP contribution in [0.3, 0.4) is 0 Å². The van der Waals surface area contributed by atoms with Crippen molar-refractivity contribution in [1.29, 1.82) is 0 Å². The van der Waals surface area contributed by atoms with Gasteiger partial charge in [0.1, 0.15) is 34.9 Å². The molecule has 0 radical (unpaired) electrons. The van der Waals surface area contributed by atoms with Crippen molar-refractivity contribution in [2.75, 3.05) is 37.6 Å². The molecule has 2 amide bonds. The van der Waals surface area contributed by atoms with Gasteiger partial charge in [0.25, 0.3) is 0 Å². The van der Waals surface area contributed by atoms with E-state index in [9.17, 15) is 27.2 Å². The lowest BCUT2D eigenvalue weighted by Crippen LogP contribution is -2.30. The molecule has 0 spiro atoms. The second kappa shape index (κ2) is 17.5. The van der Waals surface area contributed by atoms with E-state index < -0.39 is 23.3 Å². The molecule has 2 atom stereocenters. The summed E-state index contributed by atoms with van der Waals surface area (Å²) >= 11 is 0. The number of nitrogens with two attached hydrogens (primary N) is 2. The average Bonchev–Trinajstić information content (AvgIpc) is 3.93. The molecule has 2 aromatic carbocycles. The fourth-order valence-corrected chi connectivity index (χ4v) is 6.95. The van der Waals surface area contributed by atoms with Crippen LogP contribution in [0.2, 0.25) is 0 Å². The minimum atomic E-state index is -0.718. The van der Waals surface area contributed by atoms with Gasteiger partial charge in [-0.1, -0.05) is 0 Å². The van der Waals surface area contributed by atoms with Crippen molar-refractivity contribution in [3.63, 3.8) is 0 Å². The fraction of sp³-hybridized carbons (Fsp3) is 0.238. The van der Waals surface area contributed by atoms with Gasteiger partial charge in [0.05, 0.1) is 47.0 Å². The number of anilines is 2. The van der Waals surface area contributed by atoms with Gasteiger partial charge in [0, 0.05) is 86.1 Å². The summed E-state index contributed by atoms with van der Waals surface area (Å²) in [4.78, 5) is 54.8. The van der Waals surface area contributed by atoms with E-state index in [-0.39, 0.29) is 47.6 Å². The lowest BCUT2D eigenvalue weighted by Gasteiger charge is -2.17. The van der Waals surface area contributed by atoms with Crippen LogP contribution in [0.15, 0.2) is 97.6 Å². The first-order valence-electron chi connectivity index (χ1n) is 18.5. The second-order valence-electron chi connectivity index (χ2n) is 13.9. The number of benzene rings is 2. The Labute approximate surface area is 331 Å². The number of halogens is 4. The molecule has 0 bridgehead atoms. The predicted octanol–water partition coefficient (Wildman–Crippen LogP) is 5.92. The third kappa shape index (κ3) is 9.23. The minimum Gasteiger partial charge on any atom is -0.397 e. The van der Waals surface area contributed by atoms with Gasteiger partial charge < -0.3 is 21.3 Å². The molecule has 58 heavy (non-hydrogen) atoms. The summed E-state index contributed by atoms with van der Waals surface area (Å²) in [5, 5.41) is 0. The molecule has 4 aromatic heterocycles. The van der Waals surface area contributed by atoms with Crippen molar-refractivity contribution >= 4 is 23.2 Å². The lowest BCUT2D eigenvalue weighted by atomic mass is 10.1. The van der Waals surface area contributed by atoms with E-state index in [1.807, 2.05) is 0 Å². The van der Waals surface area contributed by atoms with Gasteiger partial charge in [-0.25, -0.2) is 37.5 Å². The zero-order chi connectivity index (χ0) is 40.8. The van der Waals surface area contributed by atoms with E-state index in [0.29, 0.717) is 60.3 Å². The molecule has 2 unspecified atom stereocenters. The quantitative estimate of drug-likeness (QED) is 0.177. The molecule has 8 rings (SSSR count). The molecule has 0 aliphatic carbocycles. The maximum absolute atomic E-state index is 14.1. The van der Waals surface area contributed by atoms with E-state index in [4.69, 9.17) is 11.5 Å². The number of carbonyl (C=O) groups excluding carboxylic acids is 2. The molecular formula is C42H38F4N10O2. The highest BCUT2D eigenvalue weighted by Gasteiger charge is 2.31. The fourth-order valence-electron chi connectivity index (χ4n) is 6.95. The largest absolute Gasteiger partial charge is 0.397 e. The number of rotatable bonds is 8. The van der Waals surface area contributed by atoms with Gasteiger partial charge in [0.2, 0.25) is 11.8 Å². The summed E-state index contributed by atoms with van der Waals surface area (Å²) in [5.74, 6) is -1.32. The van der Waals surface area contributed by atoms with Crippen molar-refractivity contribution < 1.29 is 27.2 Å². The van der Waals surface area contributed by atoms with Gasteiger partial charge in [-0.3, -0.25) is 19.6 Å². The second-order valence-corrected chi connectivity index (χ2v) is 13.9. The number of hydrogen-bond acceptors (Lipinski definition) is 10. The van der Waals surface area contributed by atoms with Gasteiger partial charge in [-0.2, -0.15) is 0 Å². The Hall–Kier alpha value is -6.84. The zero-order valence-electron chi connectivity index (χ0n) is 31.1. The van der Waals surface area contributed by atoms with Crippen LogP contribution < -0.4 is 11.5 Å². The Bertz CT molecular complexity index is 2260. The number of amides is 2. The number of pyridine rings is 2. The van der Waals surface area contributed by atoms with Crippen molar-refractivity contribution in [2.24, 2.45) is 0 Å². The van der Waals surface area contributed by atoms with Crippen molar-refractivity contribution in [3.8, 4) is 22.5 Å². The number of likely N-dealkylation sites (tertiary alicyclic amines) is 2. The predicted molar refractivity (Wildman–Crippen MR) is 207 cm³/mol. The van der Waals surface area contributed by atoms with E-state index in [2.05, 4.69) is 29.9 Å². The van der Waals surface area contributed by atoms with Gasteiger partial charge >= 0.3 is 0 Å². The maximum Gasteiger partial charge on any atom is 0.228 e. The maximum atomic E-state index is 14.1. The molecule has 0 saturated carbocycles. The highest BCUT2D eigenvalue weighted by Crippen LogP contribution is 2.29. The molecular weight excluding hydrogens is 753 g/mol. The lowest BCUT2D eigenvalue weighted by molar-refractivity contribution is -0.130. The van der Waals surface area contributed by atoms with E-state index >= 15 is 0 Å². The Morgan fingerprint density at radius 3 is 1.36 bits per heavy atom. The van der Waals surface area contributed by atoms with E-state index in [1.165, 1.54) is 12.1 Å². The normalized spacial score (nSPS) is 16.2. The summed E-state index contributed by atoms with van der Waals surface area (Å²) in [6, 6.07) is 16.4. The molecule has 6 heterocycles. The molecule has 2 saturated heterocycles. The van der Waals surface area contributed by atoms with Crippen molar-refractivity contribution in [3.05, 3.63) is 144 Å². The van der Waals surface area contributed by atoms with Crippen LogP contribution in [0.25, 0.3) is 22.5 Å². The summed E-state index contributed by atoms with van der Waals surface area (Å²) in [6.07, 6.45) is 8.36. The first-order chi connectivity index (χ1) is 28.0.